The molecule has 23 heavy (non-hydrogen) atoms. The second kappa shape index (κ2) is 5.58. The Hall–Kier alpha value is -2.55. The lowest BCUT2D eigenvalue weighted by molar-refractivity contribution is 0.0995. The van der Waals surface area contributed by atoms with Crippen LogP contribution in [0.15, 0.2) is 24.0 Å². The molecule has 4 rings (SSSR count). The lowest BCUT2D eigenvalue weighted by Crippen LogP contribution is -2.35. The quantitative estimate of drug-likeness (QED) is 0.775. The van der Waals surface area contributed by atoms with Crippen LogP contribution in [0.25, 0.3) is 10.2 Å². The van der Waals surface area contributed by atoms with Gasteiger partial charge in [-0.2, -0.15) is 0 Å². The zero-order chi connectivity index (χ0) is 15.8. The van der Waals surface area contributed by atoms with Gasteiger partial charge in [-0.05, 0) is 24.3 Å². The van der Waals surface area contributed by atoms with Crippen LogP contribution in [0.2, 0.25) is 0 Å². The third-order valence-electron chi connectivity index (χ3n) is 4.13. The van der Waals surface area contributed by atoms with Crippen LogP contribution in [0.5, 0.6) is 0 Å². The topological polar surface area (TPSA) is 103 Å². The SMILES string of the molecule is NC(=O)c1cn(C2CCN(c3ncnc4ccsc34)CC2)nn1. The molecule has 118 valence electrons. The second-order valence-electron chi connectivity index (χ2n) is 5.50. The Morgan fingerprint density at radius 2 is 2.13 bits per heavy atom. The van der Waals surface area contributed by atoms with Gasteiger partial charge >= 0.3 is 0 Å². The van der Waals surface area contributed by atoms with Crippen LogP contribution in [0.4, 0.5) is 5.82 Å². The van der Waals surface area contributed by atoms with Crippen molar-refractivity contribution in [1.82, 2.24) is 25.0 Å². The second-order valence-corrected chi connectivity index (χ2v) is 6.41. The van der Waals surface area contributed by atoms with Gasteiger partial charge in [0.05, 0.1) is 22.5 Å². The fraction of sp³-hybridized carbons (Fsp3) is 0.357. The number of piperidine rings is 1. The van der Waals surface area contributed by atoms with E-state index in [1.165, 1.54) is 0 Å². The monoisotopic (exact) mass is 329 g/mol. The Bertz CT molecular complexity index is 850. The van der Waals surface area contributed by atoms with Crippen molar-refractivity contribution < 1.29 is 4.79 Å². The van der Waals surface area contributed by atoms with E-state index in [9.17, 15) is 4.79 Å². The molecule has 2 N–H and O–H groups in total. The fourth-order valence-corrected chi connectivity index (χ4v) is 3.77. The van der Waals surface area contributed by atoms with Crippen molar-refractivity contribution in [2.24, 2.45) is 5.73 Å². The standard InChI is InChI=1S/C14H15N7OS/c15-13(22)11-7-21(19-18-11)9-1-4-20(5-2-9)14-12-10(3-6-23-12)16-8-17-14/h3,6-9H,1-2,4-5H2,(H2,15,22). The van der Waals surface area contributed by atoms with Crippen LogP contribution < -0.4 is 10.6 Å². The van der Waals surface area contributed by atoms with Crippen LogP contribution >= 0.6 is 11.3 Å². The molecule has 0 unspecified atom stereocenters. The van der Waals surface area contributed by atoms with E-state index in [1.54, 1.807) is 28.5 Å². The van der Waals surface area contributed by atoms with E-state index in [1.807, 2.05) is 11.4 Å². The largest absolute Gasteiger partial charge is 0.364 e. The summed E-state index contributed by atoms with van der Waals surface area (Å²) in [4.78, 5) is 22.1. The van der Waals surface area contributed by atoms with E-state index < -0.39 is 5.91 Å². The van der Waals surface area contributed by atoms with E-state index in [0.717, 1.165) is 42.0 Å². The van der Waals surface area contributed by atoms with Gasteiger partial charge < -0.3 is 10.6 Å². The van der Waals surface area contributed by atoms with E-state index in [-0.39, 0.29) is 11.7 Å². The van der Waals surface area contributed by atoms with Crippen molar-refractivity contribution >= 4 is 33.3 Å². The predicted molar refractivity (Wildman–Crippen MR) is 86.4 cm³/mol. The summed E-state index contributed by atoms with van der Waals surface area (Å²) >= 11 is 1.67. The molecular formula is C14H15N7OS. The molecule has 8 nitrogen and oxygen atoms in total. The van der Waals surface area contributed by atoms with Crippen LogP contribution in [-0.4, -0.2) is 44.0 Å². The van der Waals surface area contributed by atoms with Crippen molar-refractivity contribution in [3.8, 4) is 0 Å². The van der Waals surface area contributed by atoms with E-state index >= 15 is 0 Å². The van der Waals surface area contributed by atoms with E-state index in [0.29, 0.717) is 0 Å². The molecule has 0 aromatic carbocycles. The van der Waals surface area contributed by atoms with Crippen molar-refractivity contribution in [3.05, 3.63) is 29.7 Å². The number of hydrogen-bond donors (Lipinski definition) is 1. The van der Waals surface area contributed by atoms with Gasteiger partial charge in [0.1, 0.15) is 12.1 Å². The van der Waals surface area contributed by atoms with Crippen molar-refractivity contribution in [3.63, 3.8) is 0 Å². The lowest BCUT2D eigenvalue weighted by atomic mass is 10.1. The summed E-state index contributed by atoms with van der Waals surface area (Å²) in [7, 11) is 0. The minimum atomic E-state index is -0.547. The van der Waals surface area contributed by atoms with Gasteiger partial charge in [-0.3, -0.25) is 4.79 Å². The van der Waals surface area contributed by atoms with Gasteiger partial charge in [-0.25, -0.2) is 14.6 Å². The summed E-state index contributed by atoms with van der Waals surface area (Å²) in [5, 5.41) is 9.87. The number of amides is 1. The number of nitrogens with two attached hydrogens (primary N) is 1. The number of carbonyl (C=O) groups excluding carboxylic acids is 1. The molecule has 0 radical (unpaired) electrons. The summed E-state index contributed by atoms with van der Waals surface area (Å²) in [5.74, 6) is 0.453. The van der Waals surface area contributed by atoms with Crippen molar-refractivity contribution in [2.45, 2.75) is 18.9 Å². The highest BCUT2D eigenvalue weighted by Crippen LogP contribution is 2.31. The molecule has 1 aliphatic heterocycles. The number of anilines is 1. The summed E-state index contributed by atoms with van der Waals surface area (Å²) in [5.41, 5.74) is 6.42. The summed E-state index contributed by atoms with van der Waals surface area (Å²) < 4.78 is 2.88. The number of primary amides is 1. The molecule has 0 bridgehead atoms. The zero-order valence-electron chi connectivity index (χ0n) is 12.3. The fourth-order valence-electron chi connectivity index (χ4n) is 2.91. The molecule has 1 saturated heterocycles. The maximum Gasteiger partial charge on any atom is 0.270 e. The smallest absolute Gasteiger partial charge is 0.270 e. The maximum atomic E-state index is 11.1. The molecule has 0 atom stereocenters. The Labute approximate surface area is 135 Å². The number of thiophene rings is 1. The van der Waals surface area contributed by atoms with Crippen LogP contribution in [-0.2, 0) is 0 Å². The first-order valence-electron chi connectivity index (χ1n) is 7.37. The molecule has 1 amide bonds. The molecule has 0 aliphatic carbocycles. The summed E-state index contributed by atoms with van der Waals surface area (Å²) in [6.07, 6.45) is 5.08. The highest BCUT2D eigenvalue weighted by molar-refractivity contribution is 7.17. The molecule has 0 spiro atoms. The molecule has 9 heteroatoms. The van der Waals surface area contributed by atoms with Gasteiger partial charge in [-0.15, -0.1) is 16.4 Å². The summed E-state index contributed by atoms with van der Waals surface area (Å²) in [6, 6.07) is 2.24. The highest BCUT2D eigenvalue weighted by Gasteiger charge is 2.24. The average molecular weight is 329 g/mol. The Morgan fingerprint density at radius 3 is 2.87 bits per heavy atom. The number of hydrogen-bond acceptors (Lipinski definition) is 7. The normalized spacial score (nSPS) is 16.1. The number of carbonyl (C=O) groups is 1. The zero-order valence-corrected chi connectivity index (χ0v) is 13.1. The maximum absolute atomic E-state index is 11.1. The molecular weight excluding hydrogens is 314 g/mol. The van der Waals surface area contributed by atoms with Crippen molar-refractivity contribution in [2.75, 3.05) is 18.0 Å². The minimum Gasteiger partial charge on any atom is -0.364 e. The molecule has 0 saturated carbocycles. The van der Waals surface area contributed by atoms with Gasteiger partial charge in [0, 0.05) is 13.1 Å². The third-order valence-corrected chi connectivity index (χ3v) is 5.02. The van der Waals surface area contributed by atoms with Gasteiger partial charge in [0.15, 0.2) is 5.69 Å². The molecule has 3 aromatic heterocycles. The summed E-state index contributed by atoms with van der Waals surface area (Å²) in [6.45, 7) is 1.75. The predicted octanol–water partition coefficient (Wildman–Crippen LogP) is 1.22. The van der Waals surface area contributed by atoms with Crippen molar-refractivity contribution in [1.29, 1.82) is 0 Å². The number of fused-ring (bicyclic) bond motifs is 1. The van der Waals surface area contributed by atoms with Gasteiger partial charge in [0.2, 0.25) is 0 Å². The first-order chi connectivity index (χ1) is 11.2. The Balaban J connectivity index is 1.50. The molecule has 4 heterocycles. The Kier molecular flexibility index (Phi) is 3.41. The number of rotatable bonds is 3. The molecule has 1 aliphatic rings. The first kappa shape index (κ1) is 14.1. The number of aromatic nitrogens is 5. The van der Waals surface area contributed by atoms with E-state index in [4.69, 9.17) is 5.73 Å². The molecule has 3 aromatic rings. The number of nitrogens with zero attached hydrogens (tertiary/aromatic N) is 6. The van der Waals surface area contributed by atoms with Crippen LogP contribution in [0, 0.1) is 0 Å². The highest BCUT2D eigenvalue weighted by atomic mass is 32.1. The minimum absolute atomic E-state index is 0.212. The van der Waals surface area contributed by atoms with E-state index in [2.05, 4.69) is 25.2 Å². The van der Waals surface area contributed by atoms with Crippen LogP contribution in [0.3, 0.4) is 0 Å². The van der Waals surface area contributed by atoms with Gasteiger partial charge in [0.25, 0.3) is 5.91 Å². The molecule has 1 fully saturated rings. The average Bonchev–Trinajstić information content (AvgIpc) is 3.24. The lowest BCUT2D eigenvalue weighted by Gasteiger charge is -2.32. The third kappa shape index (κ3) is 2.52. The van der Waals surface area contributed by atoms with Gasteiger partial charge in [-0.1, -0.05) is 5.21 Å². The first-order valence-corrected chi connectivity index (χ1v) is 8.25. The Morgan fingerprint density at radius 1 is 1.30 bits per heavy atom. The van der Waals surface area contributed by atoms with Crippen LogP contribution in [0.1, 0.15) is 29.4 Å².